The van der Waals surface area contributed by atoms with Crippen LogP contribution in [0.4, 0.5) is 0 Å². The monoisotopic (exact) mass is 393 g/mol. The number of benzene rings is 2. The number of nitrogens with zero attached hydrogens (tertiary/aromatic N) is 3. The fraction of sp³-hybridized carbons (Fsp3) is 0.150. The molecule has 1 amide bonds. The van der Waals surface area contributed by atoms with Crippen LogP contribution in [0.1, 0.15) is 5.82 Å². The van der Waals surface area contributed by atoms with E-state index in [1.54, 1.807) is 13.3 Å². The first-order chi connectivity index (χ1) is 13.7. The largest absolute Gasteiger partial charge is 0.497 e. The molecule has 2 aromatic carbocycles. The minimum atomic E-state index is -0.0743. The molecule has 0 atom stereocenters. The van der Waals surface area contributed by atoms with E-state index in [1.165, 1.54) is 11.8 Å². The van der Waals surface area contributed by atoms with Crippen molar-refractivity contribution in [2.45, 2.75) is 11.7 Å². The van der Waals surface area contributed by atoms with Gasteiger partial charge in [0.15, 0.2) is 5.16 Å². The molecule has 0 spiro atoms. The van der Waals surface area contributed by atoms with E-state index in [4.69, 9.17) is 4.74 Å². The van der Waals surface area contributed by atoms with E-state index in [-0.39, 0.29) is 11.7 Å². The molecule has 2 aromatic heterocycles. The summed E-state index contributed by atoms with van der Waals surface area (Å²) >= 11 is 1.38. The van der Waals surface area contributed by atoms with Gasteiger partial charge >= 0.3 is 0 Å². The lowest BCUT2D eigenvalue weighted by Crippen LogP contribution is -2.25. The van der Waals surface area contributed by atoms with Crippen LogP contribution in [0.15, 0.2) is 66.1 Å². The van der Waals surface area contributed by atoms with Crippen LogP contribution in [-0.2, 0) is 11.3 Å². The molecule has 4 aromatic rings. The van der Waals surface area contributed by atoms with Crippen molar-refractivity contribution in [1.82, 2.24) is 24.8 Å². The van der Waals surface area contributed by atoms with Gasteiger partial charge in [-0.2, -0.15) is 0 Å². The lowest BCUT2D eigenvalue weighted by Gasteiger charge is -2.08. The third kappa shape index (κ3) is 4.01. The fourth-order valence-electron chi connectivity index (χ4n) is 2.79. The second-order valence-electron chi connectivity index (χ2n) is 6.04. The highest BCUT2D eigenvalue weighted by molar-refractivity contribution is 7.99. The van der Waals surface area contributed by atoms with Gasteiger partial charge in [-0.15, -0.1) is 0 Å². The zero-order valence-electron chi connectivity index (χ0n) is 15.3. The summed E-state index contributed by atoms with van der Waals surface area (Å²) in [4.78, 5) is 24.2. The first-order valence-corrected chi connectivity index (χ1v) is 9.72. The van der Waals surface area contributed by atoms with Gasteiger partial charge in [-0.1, -0.05) is 23.9 Å². The van der Waals surface area contributed by atoms with E-state index in [2.05, 4.69) is 20.3 Å². The Labute approximate surface area is 166 Å². The number of hydrogen-bond donors (Lipinski definition) is 2. The highest BCUT2D eigenvalue weighted by Crippen LogP contribution is 2.22. The summed E-state index contributed by atoms with van der Waals surface area (Å²) in [5.41, 5.74) is 2.81. The second-order valence-corrected chi connectivity index (χ2v) is 6.99. The highest BCUT2D eigenvalue weighted by Gasteiger charge is 2.10. The Morgan fingerprint density at radius 1 is 1.21 bits per heavy atom. The standard InChI is InChI=1S/C20H19N5O2S/c1-27-15-8-6-14(7-9-15)25-11-10-21-20(25)28-13-19(26)22-12-18-23-16-4-2-3-5-17(16)24-18/h2-11H,12-13H2,1H3,(H,22,26)(H,23,24). The molecular weight excluding hydrogens is 374 g/mol. The Kier molecular flexibility index (Phi) is 5.29. The molecule has 0 saturated carbocycles. The Hall–Kier alpha value is -3.26. The van der Waals surface area contributed by atoms with E-state index in [0.717, 1.165) is 33.5 Å². The second kappa shape index (κ2) is 8.18. The van der Waals surface area contributed by atoms with Crippen molar-refractivity contribution in [3.05, 3.63) is 66.7 Å². The summed E-state index contributed by atoms with van der Waals surface area (Å²) in [7, 11) is 1.64. The normalized spacial score (nSPS) is 10.9. The van der Waals surface area contributed by atoms with E-state index in [1.807, 2.05) is 59.3 Å². The summed E-state index contributed by atoms with van der Waals surface area (Å²) in [6.07, 6.45) is 3.59. The predicted octanol–water partition coefficient (Wildman–Crippen LogP) is 3.17. The van der Waals surface area contributed by atoms with Gasteiger partial charge in [0.2, 0.25) is 5.91 Å². The van der Waals surface area contributed by atoms with Crippen LogP contribution in [0.2, 0.25) is 0 Å². The van der Waals surface area contributed by atoms with Crippen molar-refractivity contribution in [3.63, 3.8) is 0 Å². The number of carbonyl (C=O) groups is 1. The maximum atomic E-state index is 12.2. The van der Waals surface area contributed by atoms with Crippen LogP contribution in [0.5, 0.6) is 5.75 Å². The van der Waals surface area contributed by atoms with Crippen molar-refractivity contribution >= 4 is 28.7 Å². The summed E-state index contributed by atoms with van der Waals surface area (Å²) in [5, 5.41) is 3.64. The molecule has 2 N–H and O–H groups in total. The lowest BCUT2D eigenvalue weighted by molar-refractivity contribution is -0.118. The molecule has 4 rings (SSSR count). The van der Waals surface area contributed by atoms with E-state index < -0.39 is 0 Å². The number of hydrogen-bond acceptors (Lipinski definition) is 5. The average molecular weight is 393 g/mol. The smallest absolute Gasteiger partial charge is 0.230 e. The molecule has 0 fully saturated rings. The van der Waals surface area contributed by atoms with Crippen molar-refractivity contribution in [2.75, 3.05) is 12.9 Å². The minimum absolute atomic E-state index is 0.0743. The number of thioether (sulfide) groups is 1. The van der Waals surface area contributed by atoms with E-state index >= 15 is 0 Å². The van der Waals surface area contributed by atoms with Gasteiger partial charge < -0.3 is 15.0 Å². The molecule has 0 aliphatic carbocycles. The number of aromatic amines is 1. The first kappa shape index (κ1) is 18.1. The van der Waals surface area contributed by atoms with Gasteiger partial charge in [0.1, 0.15) is 11.6 Å². The van der Waals surface area contributed by atoms with Crippen LogP contribution in [0, 0.1) is 0 Å². The predicted molar refractivity (Wildman–Crippen MR) is 109 cm³/mol. The maximum absolute atomic E-state index is 12.2. The summed E-state index contributed by atoms with van der Waals surface area (Å²) in [5.74, 6) is 1.73. The van der Waals surface area contributed by atoms with Crippen LogP contribution in [0.25, 0.3) is 16.7 Å². The number of methoxy groups -OCH3 is 1. The number of para-hydroxylation sites is 2. The molecule has 0 radical (unpaired) electrons. The van der Waals surface area contributed by atoms with Crippen molar-refractivity contribution in [2.24, 2.45) is 0 Å². The Balaban J connectivity index is 1.34. The quantitative estimate of drug-likeness (QED) is 0.471. The maximum Gasteiger partial charge on any atom is 0.230 e. The SMILES string of the molecule is COc1ccc(-n2ccnc2SCC(=O)NCc2nc3ccccc3[nH]2)cc1. The van der Waals surface area contributed by atoms with E-state index in [0.29, 0.717) is 6.54 Å². The summed E-state index contributed by atoms with van der Waals surface area (Å²) < 4.78 is 7.13. The molecule has 0 unspecified atom stereocenters. The number of aromatic nitrogens is 4. The number of carbonyl (C=O) groups excluding carboxylic acids is 1. The Morgan fingerprint density at radius 2 is 2.04 bits per heavy atom. The number of rotatable bonds is 7. The lowest BCUT2D eigenvalue weighted by atomic mass is 10.3. The van der Waals surface area contributed by atoms with Crippen LogP contribution in [-0.4, -0.2) is 38.3 Å². The first-order valence-electron chi connectivity index (χ1n) is 8.74. The molecule has 0 aliphatic rings. The number of nitrogens with one attached hydrogen (secondary N) is 2. The average Bonchev–Trinajstić information content (AvgIpc) is 3.37. The Morgan fingerprint density at radius 3 is 2.82 bits per heavy atom. The molecular formula is C20H19N5O2S. The summed E-state index contributed by atoms with van der Waals surface area (Å²) in [6, 6.07) is 15.5. The minimum Gasteiger partial charge on any atom is -0.497 e. The van der Waals surface area contributed by atoms with Crippen LogP contribution < -0.4 is 10.1 Å². The van der Waals surface area contributed by atoms with Gasteiger partial charge in [0.25, 0.3) is 0 Å². The number of H-pyrrole nitrogens is 1. The molecule has 2 heterocycles. The molecule has 0 aliphatic heterocycles. The van der Waals surface area contributed by atoms with Crippen LogP contribution >= 0.6 is 11.8 Å². The van der Waals surface area contributed by atoms with Gasteiger partial charge in [-0.05, 0) is 36.4 Å². The van der Waals surface area contributed by atoms with Gasteiger partial charge in [-0.25, -0.2) is 9.97 Å². The highest BCUT2D eigenvalue weighted by atomic mass is 32.2. The number of fused-ring (bicyclic) bond motifs is 1. The van der Waals surface area contributed by atoms with Crippen molar-refractivity contribution in [3.8, 4) is 11.4 Å². The third-order valence-electron chi connectivity index (χ3n) is 4.18. The van der Waals surface area contributed by atoms with Gasteiger partial charge in [-0.3, -0.25) is 9.36 Å². The molecule has 0 bridgehead atoms. The molecule has 8 heteroatoms. The topological polar surface area (TPSA) is 84.8 Å². The fourth-order valence-corrected chi connectivity index (χ4v) is 3.59. The van der Waals surface area contributed by atoms with Gasteiger partial charge in [0.05, 0.1) is 30.4 Å². The van der Waals surface area contributed by atoms with E-state index in [9.17, 15) is 4.79 Å². The van der Waals surface area contributed by atoms with Gasteiger partial charge in [0, 0.05) is 18.1 Å². The molecule has 28 heavy (non-hydrogen) atoms. The number of amides is 1. The number of ether oxygens (including phenoxy) is 1. The van der Waals surface area contributed by atoms with Crippen molar-refractivity contribution < 1.29 is 9.53 Å². The molecule has 7 nitrogen and oxygen atoms in total. The molecule has 0 saturated heterocycles. The third-order valence-corrected chi connectivity index (χ3v) is 5.15. The molecule has 142 valence electrons. The zero-order valence-corrected chi connectivity index (χ0v) is 16.1. The zero-order chi connectivity index (χ0) is 19.3. The van der Waals surface area contributed by atoms with Crippen molar-refractivity contribution in [1.29, 1.82) is 0 Å². The van der Waals surface area contributed by atoms with Crippen LogP contribution in [0.3, 0.4) is 0 Å². The summed E-state index contributed by atoms with van der Waals surface area (Å²) in [6.45, 7) is 0.362. The Bertz CT molecular complexity index is 1050. The number of imidazole rings is 2.